The molecule has 0 saturated carbocycles. The van der Waals surface area contributed by atoms with Gasteiger partial charge < -0.3 is 9.47 Å². The molecule has 104 valence electrons. The van der Waals surface area contributed by atoms with Crippen LogP contribution in [0.25, 0.3) is 0 Å². The molecule has 0 aromatic heterocycles. The van der Waals surface area contributed by atoms with Crippen LogP contribution in [0.1, 0.15) is 26.7 Å². The van der Waals surface area contributed by atoms with Gasteiger partial charge in [0.2, 0.25) is 0 Å². The van der Waals surface area contributed by atoms with Crippen molar-refractivity contribution in [3.8, 4) is 0 Å². The molecule has 0 rings (SSSR count). The van der Waals surface area contributed by atoms with Gasteiger partial charge in [0, 0.05) is 38.7 Å². The van der Waals surface area contributed by atoms with Crippen molar-refractivity contribution in [3.05, 3.63) is 0 Å². The van der Waals surface area contributed by atoms with Crippen LogP contribution in [0.5, 0.6) is 0 Å². The molecule has 0 radical (unpaired) electrons. The highest BCUT2D eigenvalue weighted by Crippen LogP contribution is 2.13. The molecule has 0 aromatic rings. The highest BCUT2D eigenvalue weighted by molar-refractivity contribution is 9.09. The van der Waals surface area contributed by atoms with Crippen molar-refractivity contribution in [1.29, 1.82) is 0 Å². The summed E-state index contributed by atoms with van der Waals surface area (Å²) in [6, 6.07) is 0.452. The largest absolute Gasteiger partial charge is 0.383 e. The second-order valence-corrected chi connectivity index (χ2v) is 5.25. The van der Waals surface area contributed by atoms with Crippen molar-refractivity contribution in [1.82, 2.24) is 4.90 Å². The summed E-state index contributed by atoms with van der Waals surface area (Å²) >= 11 is 3.61. The fraction of sp³-hybridized carbons (Fsp3) is 1.00. The molecule has 0 heterocycles. The summed E-state index contributed by atoms with van der Waals surface area (Å²) < 4.78 is 10.4. The molecule has 0 spiro atoms. The van der Waals surface area contributed by atoms with Crippen LogP contribution < -0.4 is 0 Å². The number of methoxy groups -OCH3 is 2. The van der Waals surface area contributed by atoms with Gasteiger partial charge in [0.05, 0.1) is 13.2 Å². The number of nitrogens with zero attached hydrogens (tertiary/aromatic N) is 1. The van der Waals surface area contributed by atoms with E-state index >= 15 is 0 Å². The van der Waals surface area contributed by atoms with E-state index < -0.39 is 0 Å². The summed E-state index contributed by atoms with van der Waals surface area (Å²) in [5.41, 5.74) is 0. The van der Waals surface area contributed by atoms with Crippen LogP contribution in [0.15, 0.2) is 0 Å². The molecule has 0 saturated heterocycles. The van der Waals surface area contributed by atoms with E-state index in [0.29, 0.717) is 6.04 Å². The van der Waals surface area contributed by atoms with E-state index in [1.54, 1.807) is 14.2 Å². The lowest BCUT2D eigenvalue weighted by Gasteiger charge is -2.31. The first-order chi connectivity index (χ1) is 8.19. The minimum atomic E-state index is 0.452. The van der Waals surface area contributed by atoms with Crippen LogP contribution in [0.3, 0.4) is 0 Å². The van der Waals surface area contributed by atoms with E-state index in [-0.39, 0.29) is 0 Å². The monoisotopic (exact) mass is 309 g/mol. The third-order valence-corrected chi connectivity index (χ3v) is 3.94. The van der Waals surface area contributed by atoms with Crippen molar-refractivity contribution in [3.63, 3.8) is 0 Å². The number of alkyl halides is 1. The van der Waals surface area contributed by atoms with Crippen LogP contribution in [-0.2, 0) is 9.47 Å². The van der Waals surface area contributed by atoms with Crippen molar-refractivity contribution in [2.24, 2.45) is 5.92 Å². The maximum Gasteiger partial charge on any atom is 0.0615 e. The summed E-state index contributed by atoms with van der Waals surface area (Å²) in [5.74, 6) is 0.719. The second kappa shape index (κ2) is 11.5. The van der Waals surface area contributed by atoms with E-state index in [9.17, 15) is 0 Å². The van der Waals surface area contributed by atoms with Gasteiger partial charge in [-0.3, -0.25) is 4.90 Å². The lowest BCUT2D eigenvalue weighted by atomic mass is 10.0. The first-order valence-electron chi connectivity index (χ1n) is 6.47. The van der Waals surface area contributed by atoms with E-state index in [4.69, 9.17) is 9.47 Å². The summed E-state index contributed by atoms with van der Waals surface area (Å²) in [7, 11) is 3.52. The Labute approximate surface area is 115 Å². The Morgan fingerprint density at radius 2 is 1.94 bits per heavy atom. The summed E-state index contributed by atoms with van der Waals surface area (Å²) in [6.45, 7) is 8.13. The number of hydrogen-bond donors (Lipinski definition) is 0. The Balaban J connectivity index is 4.23. The Hall–Kier alpha value is 0.360. The number of ether oxygens (including phenoxy) is 2. The van der Waals surface area contributed by atoms with E-state index in [1.165, 1.54) is 12.8 Å². The third-order valence-electron chi connectivity index (χ3n) is 3.02. The van der Waals surface area contributed by atoms with Crippen molar-refractivity contribution in [2.75, 3.05) is 45.9 Å². The molecule has 4 heteroatoms. The van der Waals surface area contributed by atoms with Gasteiger partial charge in [0.1, 0.15) is 0 Å². The predicted molar refractivity (Wildman–Crippen MR) is 77.0 cm³/mol. The first-order valence-corrected chi connectivity index (χ1v) is 7.59. The zero-order valence-corrected chi connectivity index (χ0v) is 13.3. The summed E-state index contributed by atoms with van der Waals surface area (Å²) in [4.78, 5) is 2.47. The molecule has 0 aliphatic rings. The number of halogens is 1. The van der Waals surface area contributed by atoms with Crippen LogP contribution in [0.2, 0.25) is 0 Å². The van der Waals surface area contributed by atoms with Gasteiger partial charge in [-0.15, -0.1) is 0 Å². The molecule has 0 amide bonds. The molecular formula is C13H28BrNO2. The Morgan fingerprint density at radius 3 is 2.41 bits per heavy atom. The van der Waals surface area contributed by atoms with Crippen molar-refractivity contribution in [2.45, 2.75) is 32.7 Å². The molecule has 0 N–H and O–H groups in total. The van der Waals surface area contributed by atoms with Crippen molar-refractivity contribution < 1.29 is 9.47 Å². The second-order valence-electron chi connectivity index (χ2n) is 4.60. The van der Waals surface area contributed by atoms with Crippen LogP contribution in [-0.4, -0.2) is 56.8 Å². The fourth-order valence-corrected chi connectivity index (χ4v) is 2.53. The number of rotatable bonds is 11. The van der Waals surface area contributed by atoms with E-state index in [0.717, 1.165) is 37.6 Å². The predicted octanol–water partition coefficient (Wildman–Crippen LogP) is 2.78. The van der Waals surface area contributed by atoms with Gasteiger partial charge in [-0.1, -0.05) is 29.3 Å². The Kier molecular flexibility index (Phi) is 11.7. The van der Waals surface area contributed by atoms with E-state index in [2.05, 4.69) is 34.7 Å². The van der Waals surface area contributed by atoms with Crippen LogP contribution in [0, 0.1) is 5.92 Å². The Bertz CT molecular complexity index is 169. The molecule has 2 atom stereocenters. The smallest absolute Gasteiger partial charge is 0.0615 e. The molecule has 3 nitrogen and oxygen atoms in total. The van der Waals surface area contributed by atoms with Gasteiger partial charge in [0.25, 0.3) is 0 Å². The highest BCUT2D eigenvalue weighted by Gasteiger charge is 2.17. The average molecular weight is 310 g/mol. The number of hydrogen-bond acceptors (Lipinski definition) is 3. The fourth-order valence-electron chi connectivity index (χ4n) is 2.00. The molecule has 2 unspecified atom stereocenters. The highest BCUT2D eigenvalue weighted by atomic mass is 79.9. The standard InChI is InChI=1S/C13H28BrNO2/c1-5-6-13(9-14)10-15(7-8-16-3)12(2)11-17-4/h12-13H,5-11H2,1-4H3. The van der Waals surface area contributed by atoms with Gasteiger partial charge in [-0.05, 0) is 19.3 Å². The SMILES string of the molecule is CCCC(CBr)CN(CCOC)C(C)COC. The first kappa shape index (κ1) is 17.4. The quantitative estimate of drug-likeness (QED) is 0.548. The van der Waals surface area contributed by atoms with Gasteiger partial charge in [0.15, 0.2) is 0 Å². The third kappa shape index (κ3) is 8.14. The van der Waals surface area contributed by atoms with E-state index in [1.807, 2.05) is 0 Å². The summed E-state index contributed by atoms with van der Waals surface area (Å²) in [5, 5.41) is 1.07. The van der Waals surface area contributed by atoms with Crippen molar-refractivity contribution >= 4 is 15.9 Å². The normalized spacial score (nSPS) is 15.2. The topological polar surface area (TPSA) is 21.7 Å². The average Bonchev–Trinajstić information content (AvgIpc) is 2.33. The zero-order chi connectivity index (χ0) is 13.1. The van der Waals surface area contributed by atoms with Gasteiger partial charge >= 0.3 is 0 Å². The molecule has 0 bridgehead atoms. The molecule has 0 aliphatic carbocycles. The zero-order valence-electron chi connectivity index (χ0n) is 11.7. The van der Waals surface area contributed by atoms with Crippen LogP contribution >= 0.6 is 15.9 Å². The molecular weight excluding hydrogens is 282 g/mol. The lowest BCUT2D eigenvalue weighted by molar-refractivity contribution is 0.0661. The van der Waals surface area contributed by atoms with Gasteiger partial charge in [-0.2, -0.15) is 0 Å². The van der Waals surface area contributed by atoms with Gasteiger partial charge in [-0.25, -0.2) is 0 Å². The maximum atomic E-state index is 5.25. The minimum Gasteiger partial charge on any atom is -0.383 e. The minimum absolute atomic E-state index is 0.452. The molecule has 0 aromatic carbocycles. The maximum absolute atomic E-state index is 5.25. The molecule has 0 aliphatic heterocycles. The lowest BCUT2D eigenvalue weighted by Crippen LogP contribution is -2.41. The molecule has 17 heavy (non-hydrogen) atoms. The Morgan fingerprint density at radius 1 is 1.24 bits per heavy atom. The van der Waals surface area contributed by atoms with Crippen LogP contribution in [0.4, 0.5) is 0 Å². The molecule has 0 fully saturated rings. The summed E-state index contributed by atoms with van der Waals surface area (Å²) in [6.07, 6.45) is 2.52.